The highest BCUT2D eigenvalue weighted by Gasteiger charge is 2.30. The third-order valence-corrected chi connectivity index (χ3v) is 6.23. The van der Waals surface area contributed by atoms with Crippen LogP contribution in [0.2, 0.25) is 0 Å². The number of hydrogen-bond acceptors (Lipinski definition) is 4. The molecular formula is C16H27IN4O2S. The second-order valence-corrected chi connectivity index (χ2v) is 8.92. The zero-order chi connectivity index (χ0) is 16.9. The van der Waals surface area contributed by atoms with Gasteiger partial charge < -0.3 is 10.6 Å². The first-order chi connectivity index (χ1) is 10.9. The summed E-state index contributed by atoms with van der Waals surface area (Å²) in [4.78, 5) is 4.49. The molecular weight excluding hydrogens is 439 g/mol. The number of guanidine groups is 1. The molecule has 0 amide bonds. The molecule has 3 atom stereocenters. The lowest BCUT2D eigenvalue weighted by Gasteiger charge is -2.21. The summed E-state index contributed by atoms with van der Waals surface area (Å²) in [6, 6.07) is 2.46. The summed E-state index contributed by atoms with van der Waals surface area (Å²) < 4.78 is 23.1. The third-order valence-electron chi connectivity index (χ3n) is 4.40. The second-order valence-electron chi connectivity index (χ2n) is 6.69. The molecule has 24 heavy (non-hydrogen) atoms. The second kappa shape index (κ2) is 9.61. The Hall–Kier alpha value is -0.820. The molecule has 0 bridgehead atoms. The van der Waals surface area contributed by atoms with E-state index in [4.69, 9.17) is 0 Å². The highest BCUT2D eigenvalue weighted by Crippen LogP contribution is 2.24. The molecule has 6 nitrogen and oxygen atoms in total. The van der Waals surface area contributed by atoms with Crippen molar-refractivity contribution in [2.24, 2.45) is 16.8 Å². The minimum absolute atomic E-state index is 0. The fourth-order valence-corrected chi connectivity index (χ4v) is 4.97. The maximum atomic E-state index is 11.5. The fourth-order valence-electron chi connectivity index (χ4n) is 3.10. The molecule has 2 rings (SSSR count). The van der Waals surface area contributed by atoms with Crippen molar-refractivity contribution in [3.63, 3.8) is 0 Å². The van der Waals surface area contributed by atoms with Crippen LogP contribution in [0.4, 0.5) is 0 Å². The number of rotatable bonds is 5. The molecule has 0 radical (unpaired) electrons. The molecule has 2 fully saturated rings. The minimum atomic E-state index is -2.86. The molecule has 2 aliphatic rings. The molecule has 3 unspecified atom stereocenters. The van der Waals surface area contributed by atoms with Crippen LogP contribution in [0.3, 0.4) is 0 Å². The van der Waals surface area contributed by atoms with Crippen molar-refractivity contribution in [1.82, 2.24) is 10.6 Å². The Morgan fingerprint density at radius 1 is 1.38 bits per heavy atom. The van der Waals surface area contributed by atoms with Crippen molar-refractivity contribution in [3.05, 3.63) is 12.2 Å². The maximum absolute atomic E-state index is 11.5. The van der Waals surface area contributed by atoms with E-state index in [1.54, 1.807) is 0 Å². The molecule has 2 N–H and O–H groups in total. The van der Waals surface area contributed by atoms with Gasteiger partial charge in [-0.25, -0.2) is 13.4 Å². The van der Waals surface area contributed by atoms with E-state index >= 15 is 0 Å². The smallest absolute Gasteiger partial charge is 0.191 e. The monoisotopic (exact) mass is 466 g/mol. The average molecular weight is 466 g/mol. The van der Waals surface area contributed by atoms with Crippen LogP contribution in [0.1, 0.15) is 32.6 Å². The third kappa shape index (κ3) is 6.59. The fraction of sp³-hybridized carbons (Fsp3) is 0.750. The summed E-state index contributed by atoms with van der Waals surface area (Å²) in [5, 5.41) is 15.8. The molecule has 0 spiro atoms. The summed E-state index contributed by atoms with van der Waals surface area (Å²) in [5.74, 6) is 1.33. The van der Waals surface area contributed by atoms with Gasteiger partial charge in [-0.3, -0.25) is 0 Å². The molecule has 1 aliphatic heterocycles. The summed E-state index contributed by atoms with van der Waals surface area (Å²) in [6.45, 7) is 6.87. The standard InChI is InChI=1S/C16H26N4O2S.HI/c1-12(2)9-18-16(20-15-5-3-4-14(15)8-17)19-10-13-6-7-23(21,22)11-13;/h13-15H,1,3-7,9-11H2,2H3,(H2,18,19,20);1H. The molecule has 8 heteroatoms. The van der Waals surface area contributed by atoms with Gasteiger partial charge in [-0.2, -0.15) is 5.26 Å². The van der Waals surface area contributed by atoms with Crippen molar-refractivity contribution >= 4 is 39.8 Å². The lowest BCUT2D eigenvalue weighted by molar-refractivity contribution is 0.519. The van der Waals surface area contributed by atoms with Crippen LogP contribution in [0, 0.1) is 23.2 Å². The topological polar surface area (TPSA) is 94.3 Å². The predicted octanol–water partition coefficient (Wildman–Crippen LogP) is 1.84. The van der Waals surface area contributed by atoms with Crippen molar-refractivity contribution in [2.75, 3.05) is 24.6 Å². The van der Waals surface area contributed by atoms with Gasteiger partial charge in [0.05, 0.1) is 30.0 Å². The molecule has 136 valence electrons. The van der Waals surface area contributed by atoms with Gasteiger partial charge in [0.25, 0.3) is 0 Å². The van der Waals surface area contributed by atoms with E-state index in [0.717, 1.165) is 24.8 Å². The van der Waals surface area contributed by atoms with Crippen LogP contribution in [0.25, 0.3) is 0 Å². The molecule has 0 aromatic rings. The van der Waals surface area contributed by atoms with Gasteiger partial charge in [0, 0.05) is 12.6 Å². The van der Waals surface area contributed by atoms with Crippen molar-refractivity contribution in [3.8, 4) is 6.07 Å². The highest BCUT2D eigenvalue weighted by atomic mass is 127. The van der Waals surface area contributed by atoms with E-state index in [-0.39, 0.29) is 53.4 Å². The molecule has 1 aliphatic carbocycles. The van der Waals surface area contributed by atoms with Crippen LogP contribution < -0.4 is 10.6 Å². The Bertz CT molecular complexity index is 612. The molecule has 1 heterocycles. The molecule has 0 aromatic heterocycles. The number of sulfone groups is 1. The Labute approximate surface area is 162 Å². The first kappa shape index (κ1) is 21.2. The lowest BCUT2D eigenvalue weighted by Crippen LogP contribution is -2.46. The SMILES string of the molecule is C=C(C)CN=C(NCC1CCS(=O)(=O)C1)NC1CCCC1C#N.I. The van der Waals surface area contributed by atoms with E-state index in [2.05, 4.69) is 28.3 Å². The number of nitrogens with one attached hydrogen (secondary N) is 2. The quantitative estimate of drug-likeness (QED) is 0.279. The van der Waals surface area contributed by atoms with Crippen LogP contribution in [0.5, 0.6) is 0 Å². The lowest BCUT2D eigenvalue weighted by atomic mass is 10.1. The molecule has 1 saturated carbocycles. The summed E-state index contributed by atoms with van der Waals surface area (Å²) >= 11 is 0. The van der Waals surface area contributed by atoms with Gasteiger partial charge in [-0.05, 0) is 38.5 Å². The average Bonchev–Trinajstić information content (AvgIpc) is 3.07. The predicted molar refractivity (Wildman–Crippen MR) is 107 cm³/mol. The normalized spacial score (nSPS) is 28.7. The van der Waals surface area contributed by atoms with E-state index < -0.39 is 9.84 Å². The summed E-state index contributed by atoms with van der Waals surface area (Å²) in [6.07, 6.45) is 3.63. The van der Waals surface area contributed by atoms with Crippen LogP contribution in [-0.4, -0.2) is 45.0 Å². The van der Waals surface area contributed by atoms with Gasteiger partial charge in [-0.1, -0.05) is 12.2 Å². The zero-order valence-electron chi connectivity index (χ0n) is 14.1. The number of hydrogen-bond donors (Lipinski definition) is 2. The number of nitriles is 1. The van der Waals surface area contributed by atoms with E-state index in [1.165, 1.54) is 0 Å². The Kier molecular flexibility index (Phi) is 8.50. The maximum Gasteiger partial charge on any atom is 0.191 e. The van der Waals surface area contributed by atoms with Crippen LogP contribution >= 0.6 is 24.0 Å². The first-order valence-corrected chi connectivity index (χ1v) is 10.0. The largest absolute Gasteiger partial charge is 0.356 e. The summed E-state index contributed by atoms with van der Waals surface area (Å²) in [7, 11) is -2.86. The van der Waals surface area contributed by atoms with Crippen molar-refractivity contribution in [2.45, 2.75) is 38.6 Å². The van der Waals surface area contributed by atoms with Gasteiger partial charge in [0.15, 0.2) is 15.8 Å². The number of halogens is 1. The zero-order valence-corrected chi connectivity index (χ0v) is 17.3. The van der Waals surface area contributed by atoms with Gasteiger partial charge >= 0.3 is 0 Å². The Morgan fingerprint density at radius 3 is 2.71 bits per heavy atom. The van der Waals surface area contributed by atoms with Gasteiger partial charge in [0.2, 0.25) is 0 Å². The van der Waals surface area contributed by atoms with Gasteiger partial charge in [0.1, 0.15) is 0 Å². The molecule has 1 saturated heterocycles. The summed E-state index contributed by atoms with van der Waals surface area (Å²) in [5.41, 5.74) is 0.956. The number of aliphatic imine (C=N–C) groups is 1. The Balaban J connectivity index is 0.00000288. The van der Waals surface area contributed by atoms with E-state index in [9.17, 15) is 13.7 Å². The molecule has 0 aromatic carbocycles. The minimum Gasteiger partial charge on any atom is -0.356 e. The number of nitrogens with zero attached hydrogens (tertiary/aromatic N) is 2. The van der Waals surface area contributed by atoms with Gasteiger partial charge in [-0.15, -0.1) is 24.0 Å². The first-order valence-electron chi connectivity index (χ1n) is 8.19. The van der Waals surface area contributed by atoms with Crippen LogP contribution in [0.15, 0.2) is 17.1 Å². The van der Waals surface area contributed by atoms with E-state index in [1.807, 2.05) is 6.92 Å². The van der Waals surface area contributed by atoms with Crippen molar-refractivity contribution in [1.29, 1.82) is 5.26 Å². The van der Waals surface area contributed by atoms with Crippen molar-refractivity contribution < 1.29 is 8.42 Å². The van der Waals surface area contributed by atoms with E-state index in [0.29, 0.717) is 25.5 Å². The highest BCUT2D eigenvalue weighted by molar-refractivity contribution is 14.0. The Morgan fingerprint density at radius 2 is 2.12 bits per heavy atom. The van der Waals surface area contributed by atoms with Crippen LogP contribution in [-0.2, 0) is 9.84 Å².